The predicted molar refractivity (Wildman–Crippen MR) is 196 cm³/mol. The van der Waals surface area contributed by atoms with Gasteiger partial charge in [0.2, 0.25) is 0 Å². The number of hydrogen-bond acceptors (Lipinski definition) is 5. The van der Waals surface area contributed by atoms with Crippen LogP contribution in [0.25, 0.3) is 32.8 Å². The normalized spacial score (nSPS) is 14.8. The summed E-state index contributed by atoms with van der Waals surface area (Å²) < 4.78 is 36.5. The molecule has 1 atom stereocenters. The summed E-state index contributed by atoms with van der Waals surface area (Å²) in [4.78, 5) is 13.9. The van der Waals surface area contributed by atoms with Gasteiger partial charge in [-0.05, 0) is 85.9 Å². The maximum absolute atomic E-state index is 13.9. The maximum atomic E-state index is 13.9. The van der Waals surface area contributed by atoms with Crippen molar-refractivity contribution in [1.29, 1.82) is 0 Å². The van der Waals surface area contributed by atoms with E-state index in [2.05, 4.69) is 23.6 Å². The van der Waals surface area contributed by atoms with Crippen LogP contribution in [-0.4, -0.2) is 40.1 Å². The van der Waals surface area contributed by atoms with Crippen molar-refractivity contribution < 1.29 is 23.4 Å². The van der Waals surface area contributed by atoms with E-state index in [4.69, 9.17) is 30.9 Å². The molecule has 0 bridgehead atoms. The van der Waals surface area contributed by atoms with Gasteiger partial charge in [0.25, 0.3) is 0 Å². The van der Waals surface area contributed by atoms with E-state index in [1.165, 1.54) is 12.1 Å². The van der Waals surface area contributed by atoms with Crippen LogP contribution in [0.2, 0.25) is 5.02 Å². The predicted octanol–water partition coefficient (Wildman–Crippen LogP) is 9.64. The summed E-state index contributed by atoms with van der Waals surface area (Å²) in [5, 5.41) is 8.28. The van der Waals surface area contributed by atoms with Crippen LogP contribution in [0.1, 0.15) is 72.2 Å². The van der Waals surface area contributed by atoms with Crippen LogP contribution in [0.4, 0.5) is 4.39 Å². The lowest BCUT2D eigenvalue weighted by molar-refractivity contribution is 0.0512. The molecule has 0 spiro atoms. The summed E-state index contributed by atoms with van der Waals surface area (Å²) in [5.41, 5.74) is 7.03. The summed E-state index contributed by atoms with van der Waals surface area (Å²) in [6.07, 6.45) is 3.14. The first-order chi connectivity index (χ1) is 24.4. The van der Waals surface area contributed by atoms with Crippen LogP contribution in [0.3, 0.4) is 0 Å². The summed E-state index contributed by atoms with van der Waals surface area (Å²) in [6.45, 7) is 5.75. The molecule has 9 heteroatoms. The number of fused-ring (bicyclic) bond motifs is 3. The Morgan fingerprint density at radius 2 is 1.82 bits per heavy atom. The van der Waals surface area contributed by atoms with Crippen LogP contribution < -0.4 is 4.74 Å². The molecule has 50 heavy (non-hydrogen) atoms. The number of hydrogen-bond donors (Lipinski definition) is 0. The number of aryl methyl sites for hydroxylation is 3. The fourth-order valence-electron chi connectivity index (χ4n) is 7.40. The van der Waals surface area contributed by atoms with E-state index in [1.54, 1.807) is 6.07 Å². The van der Waals surface area contributed by atoms with Crippen molar-refractivity contribution >= 4 is 39.2 Å². The monoisotopic (exact) mass is 693 g/mol. The van der Waals surface area contributed by atoms with Gasteiger partial charge in [0.1, 0.15) is 29.1 Å². The molecule has 4 aromatic carbocycles. The van der Waals surface area contributed by atoms with Crippen molar-refractivity contribution in [3.8, 4) is 16.9 Å². The zero-order valence-electron chi connectivity index (χ0n) is 28.7. The van der Waals surface area contributed by atoms with E-state index in [-0.39, 0.29) is 18.4 Å². The fraction of sp³-hybridized carbons (Fsp3) is 0.317. The second-order valence-corrected chi connectivity index (χ2v) is 13.1. The van der Waals surface area contributed by atoms with Gasteiger partial charge in [-0.1, -0.05) is 67.1 Å². The number of rotatable bonds is 9. The summed E-state index contributed by atoms with van der Waals surface area (Å²) in [5.74, 6) is 0.0641. The minimum Gasteiger partial charge on any atom is -0.493 e. The third kappa shape index (κ3) is 6.27. The third-order valence-corrected chi connectivity index (χ3v) is 9.88. The Balaban J connectivity index is 1.37. The third-order valence-electron chi connectivity index (χ3n) is 9.57. The standard InChI is InChI=1S/C41H41ClFN3O4/c1-4-33-36-35-32(42)21-20-31-30(16-12-24-49-34-17-11-15-27-25-28(43)18-19-29(27)34)39(41(47)48-5-2)46(38(31)35)22-9-10-23-50-40(37(36)44-45(33)3)26-13-7-6-8-14-26/h6-8,11,13-15,17-21,25,40H,4-5,9-10,12,16,22-24H2,1-3H3. The van der Waals surface area contributed by atoms with E-state index < -0.39 is 6.10 Å². The molecule has 0 amide bonds. The first-order valence-corrected chi connectivity index (χ1v) is 17.8. The molecule has 6 aromatic rings. The SMILES string of the molecule is CCOC(=O)c1c(CCCOc2cccc3cc(F)ccc23)c2ccc(Cl)c3c2n1CCCCOC(c1ccccc1)c1nn(C)c(CC)c1-3. The molecule has 1 aliphatic heterocycles. The molecule has 1 aliphatic rings. The van der Waals surface area contributed by atoms with Crippen LogP contribution in [0.5, 0.6) is 5.75 Å². The number of benzene rings is 4. The molecule has 1 unspecified atom stereocenters. The fourth-order valence-corrected chi connectivity index (χ4v) is 7.65. The summed E-state index contributed by atoms with van der Waals surface area (Å²) >= 11 is 7.23. The van der Waals surface area contributed by atoms with Crippen molar-refractivity contribution in [3.05, 3.63) is 118 Å². The van der Waals surface area contributed by atoms with Crippen molar-refractivity contribution in [1.82, 2.24) is 14.3 Å². The summed E-state index contributed by atoms with van der Waals surface area (Å²) in [6, 6.07) is 24.5. The lowest BCUT2D eigenvalue weighted by Gasteiger charge is -2.19. The van der Waals surface area contributed by atoms with E-state index >= 15 is 0 Å². The van der Waals surface area contributed by atoms with Gasteiger partial charge < -0.3 is 18.8 Å². The van der Waals surface area contributed by atoms with Crippen molar-refractivity contribution in [2.24, 2.45) is 7.05 Å². The molecule has 258 valence electrons. The average Bonchev–Trinajstić information content (AvgIpc) is 3.60. The molecular formula is C41H41ClFN3O4. The van der Waals surface area contributed by atoms with Crippen molar-refractivity contribution in [2.75, 3.05) is 19.8 Å². The van der Waals surface area contributed by atoms with Gasteiger partial charge in [-0.15, -0.1) is 0 Å². The number of ether oxygens (including phenoxy) is 3. The second-order valence-electron chi connectivity index (χ2n) is 12.6. The number of aromatic nitrogens is 3. The quantitative estimate of drug-likeness (QED) is 0.111. The number of nitrogens with zero attached hydrogens (tertiary/aromatic N) is 3. The van der Waals surface area contributed by atoms with Crippen molar-refractivity contribution in [3.63, 3.8) is 0 Å². The number of carbonyl (C=O) groups is 1. The maximum Gasteiger partial charge on any atom is 0.355 e. The van der Waals surface area contributed by atoms with E-state index in [1.807, 2.05) is 67.2 Å². The Bertz CT molecular complexity index is 2170. The minimum absolute atomic E-state index is 0.261. The van der Waals surface area contributed by atoms with E-state index in [0.29, 0.717) is 49.1 Å². The topological polar surface area (TPSA) is 67.5 Å². The zero-order valence-corrected chi connectivity index (χ0v) is 29.4. The van der Waals surface area contributed by atoms with Crippen LogP contribution in [0, 0.1) is 5.82 Å². The van der Waals surface area contributed by atoms with Gasteiger partial charge in [-0.3, -0.25) is 4.68 Å². The highest BCUT2D eigenvalue weighted by molar-refractivity contribution is 6.35. The van der Waals surface area contributed by atoms with Gasteiger partial charge in [0.05, 0.1) is 23.8 Å². The number of esters is 1. The zero-order chi connectivity index (χ0) is 34.8. The van der Waals surface area contributed by atoms with Gasteiger partial charge in [-0.25, -0.2) is 9.18 Å². The Kier molecular flexibility index (Phi) is 9.92. The molecule has 0 N–H and O–H groups in total. The molecule has 2 aromatic heterocycles. The minimum atomic E-state index is -0.391. The Labute approximate surface area is 296 Å². The Hall–Kier alpha value is -4.66. The molecule has 0 aliphatic carbocycles. The molecule has 0 radical (unpaired) electrons. The van der Waals surface area contributed by atoms with Gasteiger partial charge in [-0.2, -0.15) is 5.10 Å². The highest BCUT2D eigenvalue weighted by Gasteiger charge is 2.32. The molecule has 0 saturated carbocycles. The van der Waals surface area contributed by atoms with E-state index in [0.717, 1.165) is 74.6 Å². The van der Waals surface area contributed by atoms with Crippen molar-refractivity contribution in [2.45, 2.75) is 58.6 Å². The first-order valence-electron chi connectivity index (χ1n) is 17.5. The van der Waals surface area contributed by atoms with Crippen LogP contribution >= 0.6 is 11.6 Å². The van der Waals surface area contributed by atoms with Gasteiger partial charge in [0.15, 0.2) is 0 Å². The summed E-state index contributed by atoms with van der Waals surface area (Å²) in [7, 11) is 1.97. The highest BCUT2D eigenvalue weighted by Crippen LogP contribution is 2.45. The largest absolute Gasteiger partial charge is 0.493 e. The van der Waals surface area contributed by atoms with Gasteiger partial charge >= 0.3 is 5.97 Å². The smallest absolute Gasteiger partial charge is 0.355 e. The first kappa shape index (κ1) is 33.8. The molecular weight excluding hydrogens is 653 g/mol. The second kappa shape index (κ2) is 14.7. The van der Waals surface area contributed by atoms with Crippen LogP contribution in [-0.2, 0) is 35.9 Å². The Morgan fingerprint density at radius 3 is 2.62 bits per heavy atom. The lowest BCUT2D eigenvalue weighted by atomic mass is 9.93. The molecule has 0 saturated heterocycles. The van der Waals surface area contributed by atoms with Gasteiger partial charge in [0, 0.05) is 47.8 Å². The number of carbonyl (C=O) groups excluding carboxylic acids is 1. The molecule has 3 heterocycles. The average molecular weight is 694 g/mol. The molecule has 7 nitrogen and oxygen atoms in total. The lowest BCUT2D eigenvalue weighted by Crippen LogP contribution is -2.15. The highest BCUT2D eigenvalue weighted by atomic mass is 35.5. The molecule has 7 rings (SSSR count). The molecule has 0 fully saturated rings. The van der Waals surface area contributed by atoms with Crippen LogP contribution in [0.15, 0.2) is 78.9 Å². The van der Waals surface area contributed by atoms with E-state index in [9.17, 15) is 9.18 Å². The Morgan fingerprint density at radius 1 is 1.00 bits per heavy atom. The number of halogens is 2.